The molecule has 25 heavy (non-hydrogen) atoms. The third-order valence-corrected chi connectivity index (χ3v) is 4.21. The molecule has 1 aliphatic heterocycles. The topological polar surface area (TPSA) is 61.8 Å². The third kappa shape index (κ3) is 5.34. The van der Waals surface area contributed by atoms with Crippen molar-refractivity contribution in [2.45, 2.75) is 45.8 Å². The first-order chi connectivity index (χ1) is 11.9. The van der Waals surface area contributed by atoms with Gasteiger partial charge in [-0.1, -0.05) is 50.8 Å². The minimum atomic E-state index is -0.648. The average Bonchev–Trinajstić information content (AvgIpc) is 2.61. The third-order valence-electron chi connectivity index (χ3n) is 4.21. The Hall–Kier alpha value is -2.30. The Morgan fingerprint density at radius 1 is 1.32 bits per heavy atom. The molecule has 1 saturated heterocycles. The first-order valence-corrected chi connectivity index (χ1v) is 8.64. The Balaban J connectivity index is 2.31. The summed E-state index contributed by atoms with van der Waals surface area (Å²) in [5, 5.41) is 0. The van der Waals surface area contributed by atoms with Gasteiger partial charge in [0.15, 0.2) is 0 Å². The summed E-state index contributed by atoms with van der Waals surface area (Å²) in [5.74, 6) is -0.770. The van der Waals surface area contributed by atoms with Gasteiger partial charge in [0.1, 0.15) is 12.2 Å². The van der Waals surface area contributed by atoms with E-state index < -0.39 is 12.2 Å². The lowest BCUT2D eigenvalue weighted by molar-refractivity contribution is -0.172. The van der Waals surface area contributed by atoms with Crippen LogP contribution in [0.25, 0.3) is 0 Å². The number of rotatable bonds is 4. The molecule has 3 atom stereocenters. The minimum absolute atomic E-state index is 0.145. The molecule has 0 unspecified atom stereocenters. The number of esters is 2. The van der Waals surface area contributed by atoms with E-state index in [-0.39, 0.29) is 36.8 Å². The molecule has 0 saturated carbocycles. The average molecular weight is 346 g/mol. The standard InChI is InChI=1S/C20H26O5/c1-13(2)20(22)25-19-15(4)24-18(21)10-11-23-14(3)17(19)12-16-8-6-5-7-9-16/h5-9,13,15,17,19H,3,10-12H2,1-2,4H3/t15-,17-,19-/m0/s1. The predicted octanol–water partition coefficient (Wildman–Crippen LogP) is 3.28. The lowest BCUT2D eigenvalue weighted by atomic mass is 9.89. The Labute approximate surface area is 149 Å². The van der Waals surface area contributed by atoms with Gasteiger partial charge in [-0.3, -0.25) is 9.59 Å². The maximum Gasteiger partial charge on any atom is 0.309 e. The smallest absolute Gasteiger partial charge is 0.309 e. The Bertz CT molecular complexity index is 608. The van der Waals surface area contributed by atoms with Gasteiger partial charge in [-0.15, -0.1) is 0 Å². The fourth-order valence-corrected chi connectivity index (χ4v) is 2.76. The lowest BCUT2D eigenvalue weighted by Crippen LogP contribution is -2.41. The zero-order valence-electron chi connectivity index (χ0n) is 15.1. The van der Waals surface area contributed by atoms with E-state index in [1.807, 2.05) is 30.3 Å². The van der Waals surface area contributed by atoms with Crippen LogP contribution in [0.1, 0.15) is 32.8 Å². The van der Waals surface area contributed by atoms with Crippen molar-refractivity contribution in [3.63, 3.8) is 0 Å². The molecular formula is C20H26O5. The van der Waals surface area contributed by atoms with Crippen molar-refractivity contribution < 1.29 is 23.8 Å². The van der Waals surface area contributed by atoms with Gasteiger partial charge in [0.25, 0.3) is 0 Å². The van der Waals surface area contributed by atoms with Crippen LogP contribution in [0.3, 0.4) is 0 Å². The molecule has 0 spiro atoms. The van der Waals surface area contributed by atoms with Gasteiger partial charge in [0.05, 0.1) is 30.6 Å². The summed E-state index contributed by atoms with van der Waals surface area (Å²) < 4.78 is 16.8. The van der Waals surface area contributed by atoms with E-state index in [4.69, 9.17) is 14.2 Å². The number of carbonyl (C=O) groups excluding carboxylic acids is 2. The van der Waals surface area contributed by atoms with E-state index in [1.54, 1.807) is 20.8 Å². The molecule has 0 radical (unpaired) electrons. The number of benzene rings is 1. The van der Waals surface area contributed by atoms with Crippen LogP contribution in [0.15, 0.2) is 42.7 Å². The molecule has 136 valence electrons. The summed E-state index contributed by atoms with van der Waals surface area (Å²) >= 11 is 0. The van der Waals surface area contributed by atoms with E-state index in [1.165, 1.54) is 0 Å². The molecule has 5 heteroatoms. The summed E-state index contributed by atoms with van der Waals surface area (Å²) in [5.41, 5.74) is 1.07. The quantitative estimate of drug-likeness (QED) is 0.783. The van der Waals surface area contributed by atoms with Crippen LogP contribution < -0.4 is 0 Å². The van der Waals surface area contributed by atoms with Crippen LogP contribution in [0.5, 0.6) is 0 Å². The monoisotopic (exact) mass is 346 g/mol. The van der Waals surface area contributed by atoms with Gasteiger partial charge in [-0.05, 0) is 18.9 Å². The maximum atomic E-state index is 12.2. The molecule has 1 aromatic carbocycles. The highest BCUT2D eigenvalue weighted by atomic mass is 16.6. The van der Waals surface area contributed by atoms with Crippen LogP contribution in [0, 0.1) is 11.8 Å². The predicted molar refractivity (Wildman–Crippen MR) is 93.6 cm³/mol. The van der Waals surface area contributed by atoms with E-state index in [0.717, 1.165) is 5.56 Å². The van der Waals surface area contributed by atoms with Crippen molar-refractivity contribution in [3.8, 4) is 0 Å². The lowest BCUT2D eigenvalue weighted by Gasteiger charge is -2.31. The van der Waals surface area contributed by atoms with Gasteiger partial charge < -0.3 is 14.2 Å². The summed E-state index contributed by atoms with van der Waals surface area (Å²) in [6, 6.07) is 9.84. The maximum absolute atomic E-state index is 12.2. The number of hydrogen-bond acceptors (Lipinski definition) is 5. The van der Waals surface area contributed by atoms with Gasteiger partial charge in [-0.2, -0.15) is 0 Å². The molecule has 1 heterocycles. The van der Waals surface area contributed by atoms with Gasteiger partial charge >= 0.3 is 11.9 Å². The summed E-state index contributed by atoms with van der Waals surface area (Å²) in [7, 11) is 0. The highest BCUT2D eigenvalue weighted by Crippen LogP contribution is 2.28. The minimum Gasteiger partial charge on any atom is -0.497 e. The van der Waals surface area contributed by atoms with Crippen LogP contribution in [0.4, 0.5) is 0 Å². The molecular weight excluding hydrogens is 320 g/mol. The second-order valence-corrected chi connectivity index (χ2v) is 6.61. The molecule has 1 fully saturated rings. The Morgan fingerprint density at radius 2 is 2.00 bits per heavy atom. The molecule has 0 aromatic heterocycles. The SMILES string of the molecule is C=C1OCCC(=O)O[C@@H](C)[C@H](OC(=O)C(C)C)[C@H]1Cc1ccccc1. The van der Waals surface area contributed by atoms with Gasteiger partial charge in [0.2, 0.25) is 0 Å². The number of carbonyl (C=O) groups is 2. The molecule has 5 nitrogen and oxygen atoms in total. The first-order valence-electron chi connectivity index (χ1n) is 8.64. The zero-order valence-corrected chi connectivity index (χ0v) is 15.1. The molecule has 1 aliphatic rings. The second-order valence-electron chi connectivity index (χ2n) is 6.61. The van der Waals surface area contributed by atoms with Crippen molar-refractivity contribution in [1.82, 2.24) is 0 Å². The fraction of sp³-hybridized carbons (Fsp3) is 0.500. The second kappa shape index (κ2) is 8.70. The van der Waals surface area contributed by atoms with Crippen LogP contribution >= 0.6 is 0 Å². The molecule has 1 aromatic rings. The molecule has 0 amide bonds. The molecule has 0 aliphatic carbocycles. The molecule has 0 N–H and O–H groups in total. The molecule has 0 bridgehead atoms. The first kappa shape index (κ1) is 19.0. The van der Waals surface area contributed by atoms with Crippen molar-refractivity contribution in [2.24, 2.45) is 11.8 Å². The largest absolute Gasteiger partial charge is 0.497 e. The highest BCUT2D eigenvalue weighted by molar-refractivity contribution is 5.72. The van der Waals surface area contributed by atoms with Gasteiger partial charge in [0, 0.05) is 0 Å². The molecule has 2 rings (SSSR count). The van der Waals surface area contributed by atoms with Crippen molar-refractivity contribution in [3.05, 3.63) is 48.2 Å². The summed E-state index contributed by atoms with van der Waals surface area (Å²) in [6.45, 7) is 9.51. The van der Waals surface area contributed by atoms with Crippen molar-refractivity contribution in [2.75, 3.05) is 6.61 Å². The van der Waals surface area contributed by atoms with E-state index >= 15 is 0 Å². The summed E-state index contributed by atoms with van der Waals surface area (Å²) in [6.07, 6.45) is -0.504. The van der Waals surface area contributed by atoms with E-state index in [0.29, 0.717) is 12.2 Å². The Morgan fingerprint density at radius 3 is 2.64 bits per heavy atom. The zero-order chi connectivity index (χ0) is 18.4. The van der Waals surface area contributed by atoms with Crippen molar-refractivity contribution >= 4 is 11.9 Å². The Kier molecular flexibility index (Phi) is 6.62. The normalized spacial score (nSPS) is 24.6. The van der Waals surface area contributed by atoms with Crippen molar-refractivity contribution in [1.29, 1.82) is 0 Å². The summed E-state index contributed by atoms with van der Waals surface area (Å²) in [4.78, 5) is 24.1. The van der Waals surface area contributed by atoms with E-state index in [2.05, 4.69) is 6.58 Å². The van der Waals surface area contributed by atoms with E-state index in [9.17, 15) is 9.59 Å². The van der Waals surface area contributed by atoms with Gasteiger partial charge in [-0.25, -0.2) is 0 Å². The van der Waals surface area contributed by atoms with Crippen LogP contribution in [0.2, 0.25) is 0 Å². The number of ether oxygens (including phenoxy) is 3. The fourth-order valence-electron chi connectivity index (χ4n) is 2.76. The number of cyclic esters (lactones) is 1. The number of hydrogen-bond donors (Lipinski definition) is 0. The highest BCUT2D eigenvalue weighted by Gasteiger charge is 2.37. The van der Waals surface area contributed by atoms with Crippen LogP contribution in [-0.4, -0.2) is 30.8 Å². The van der Waals surface area contributed by atoms with Crippen LogP contribution in [-0.2, 0) is 30.2 Å².